The van der Waals surface area contributed by atoms with Crippen molar-refractivity contribution < 1.29 is 0 Å². The Kier molecular flexibility index (Phi) is 8.88. The van der Waals surface area contributed by atoms with Gasteiger partial charge in [-0.15, -0.1) is 24.8 Å². The highest BCUT2D eigenvalue weighted by molar-refractivity contribution is 5.96. The van der Waals surface area contributed by atoms with E-state index in [9.17, 15) is 0 Å². The van der Waals surface area contributed by atoms with Crippen molar-refractivity contribution in [2.24, 2.45) is 0 Å². The lowest BCUT2D eigenvalue weighted by atomic mass is 10.1. The summed E-state index contributed by atoms with van der Waals surface area (Å²) >= 11 is 0. The van der Waals surface area contributed by atoms with Crippen molar-refractivity contribution in [1.82, 2.24) is 9.80 Å². The molecule has 1 N–H and O–H groups in total. The van der Waals surface area contributed by atoms with Gasteiger partial charge < -0.3 is 14.7 Å². The van der Waals surface area contributed by atoms with Gasteiger partial charge in [-0.3, -0.25) is 5.41 Å². The fraction of sp³-hybridized carbons (Fsp3) is 0.611. The minimum Gasteiger partial charge on any atom is -0.341 e. The molecule has 2 saturated heterocycles. The fourth-order valence-corrected chi connectivity index (χ4v) is 3.68. The number of halogens is 2. The molecule has 1 aromatic carbocycles. The van der Waals surface area contributed by atoms with Gasteiger partial charge in [0.2, 0.25) is 0 Å². The average Bonchev–Trinajstić information content (AvgIpc) is 2.90. The largest absolute Gasteiger partial charge is 0.341 e. The minimum absolute atomic E-state index is 0. The van der Waals surface area contributed by atoms with Gasteiger partial charge in [0, 0.05) is 25.3 Å². The third-order valence-electron chi connectivity index (χ3n) is 4.97. The lowest BCUT2D eigenvalue weighted by Gasteiger charge is -2.30. The van der Waals surface area contributed by atoms with E-state index in [1.807, 2.05) is 6.07 Å². The molecule has 3 rings (SSSR count). The maximum Gasteiger partial charge on any atom is 0.198 e. The number of piperidine rings is 1. The molecule has 0 saturated carbocycles. The molecule has 0 aliphatic carbocycles. The fourth-order valence-electron chi connectivity index (χ4n) is 3.68. The highest BCUT2D eigenvalue weighted by Crippen LogP contribution is 2.26. The number of nitrogens with zero attached hydrogens (tertiary/aromatic N) is 3. The zero-order chi connectivity index (χ0) is 15.4. The molecule has 2 fully saturated rings. The van der Waals surface area contributed by atoms with Gasteiger partial charge in [-0.25, -0.2) is 0 Å². The van der Waals surface area contributed by atoms with Crippen LogP contribution in [0.25, 0.3) is 0 Å². The summed E-state index contributed by atoms with van der Waals surface area (Å²) in [5.74, 6) is 0.664. The van der Waals surface area contributed by atoms with Crippen LogP contribution in [0.3, 0.4) is 0 Å². The van der Waals surface area contributed by atoms with Crippen LogP contribution in [0.5, 0.6) is 0 Å². The van der Waals surface area contributed by atoms with E-state index in [-0.39, 0.29) is 24.8 Å². The van der Waals surface area contributed by atoms with Crippen LogP contribution in [0.2, 0.25) is 0 Å². The summed E-state index contributed by atoms with van der Waals surface area (Å²) in [5.41, 5.74) is 1.16. The van der Waals surface area contributed by atoms with Crippen molar-refractivity contribution in [2.45, 2.75) is 38.6 Å². The first-order valence-electron chi connectivity index (χ1n) is 8.69. The van der Waals surface area contributed by atoms with Gasteiger partial charge in [0.25, 0.3) is 0 Å². The van der Waals surface area contributed by atoms with Crippen molar-refractivity contribution in [1.29, 1.82) is 5.41 Å². The van der Waals surface area contributed by atoms with Crippen molar-refractivity contribution in [3.8, 4) is 0 Å². The Hall–Kier alpha value is -0.970. The first-order valence-corrected chi connectivity index (χ1v) is 8.69. The lowest BCUT2D eigenvalue weighted by molar-refractivity contribution is 0.220. The van der Waals surface area contributed by atoms with E-state index < -0.39 is 0 Å². The normalized spacial score (nSPS) is 21.4. The van der Waals surface area contributed by atoms with E-state index in [2.05, 4.69) is 45.9 Å². The maximum atomic E-state index is 8.49. The van der Waals surface area contributed by atoms with Crippen molar-refractivity contribution in [3.05, 3.63) is 30.3 Å². The number of guanidine groups is 1. The van der Waals surface area contributed by atoms with Crippen LogP contribution in [-0.2, 0) is 0 Å². The van der Waals surface area contributed by atoms with Crippen LogP contribution in [0.1, 0.15) is 32.6 Å². The van der Waals surface area contributed by atoms with Gasteiger partial charge in [0.05, 0.1) is 6.04 Å². The number of benzene rings is 1. The number of hydrogen-bond donors (Lipinski definition) is 1. The summed E-state index contributed by atoms with van der Waals surface area (Å²) in [7, 11) is 0. The number of anilines is 1. The molecule has 0 aromatic heterocycles. The van der Waals surface area contributed by atoms with Gasteiger partial charge in [-0.2, -0.15) is 0 Å². The second kappa shape index (κ2) is 10.1. The number of para-hydroxylation sites is 1. The zero-order valence-corrected chi connectivity index (χ0v) is 16.1. The lowest BCUT2D eigenvalue weighted by Crippen LogP contribution is -2.39. The van der Waals surface area contributed by atoms with Gasteiger partial charge in [0.1, 0.15) is 0 Å². The number of likely N-dealkylation sites (N-methyl/N-ethyl adjacent to an activating group) is 1. The van der Waals surface area contributed by atoms with E-state index in [4.69, 9.17) is 5.41 Å². The van der Waals surface area contributed by atoms with Crippen molar-refractivity contribution in [3.63, 3.8) is 0 Å². The zero-order valence-electron chi connectivity index (χ0n) is 14.5. The van der Waals surface area contributed by atoms with E-state index in [1.54, 1.807) is 0 Å². The quantitative estimate of drug-likeness (QED) is 0.851. The molecule has 6 heteroatoms. The smallest absolute Gasteiger partial charge is 0.198 e. The first-order chi connectivity index (χ1) is 10.8. The van der Waals surface area contributed by atoms with Crippen LogP contribution in [-0.4, -0.2) is 54.5 Å². The molecule has 24 heavy (non-hydrogen) atoms. The number of nitrogens with one attached hydrogen (secondary N) is 1. The van der Waals surface area contributed by atoms with Gasteiger partial charge in [-0.1, -0.05) is 24.6 Å². The molecule has 0 spiro atoms. The molecule has 2 aliphatic heterocycles. The van der Waals surface area contributed by atoms with Gasteiger partial charge in [0.15, 0.2) is 5.96 Å². The number of rotatable bonds is 5. The first kappa shape index (κ1) is 21.1. The molecule has 4 nitrogen and oxygen atoms in total. The number of hydrogen-bond acceptors (Lipinski definition) is 2. The molecule has 1 unspecified atom stereocenters. The summed E-state index contributed by atoms with van der Waals surface area (Å²) in [6.45, 7) is 7.73. The molecular formula is C18H30Cl2N4. The maximum absolute atomic E-state index is 8.49. The summed E-state index contributed by atoms with van der Waals surface area (Å²) in [4.78, 5) is 7.02. The van der Waals surface area contributed by atoms with Gasteiger partial charge >= 0.3 is 0 Å². The van der Waals surface area contributed by atoms with E-state index >= 15 is 0 Å². The second-order valence-electron chi connectivity index (χ2n) is 6.41. The van der Waals surface area contributed by atoms with Crippen LogP contribution in [0, 0.1) is 5.41 Å². The van der Waals surface area contributed by atoms with Crippen LogP contribution in [0.4, 0.5) is 5.69 Å². The Morgan fingerprint density at radius 3 is 2.33 bits per heavy atom. The van der Waals surface area contributed by atoms with Crippen LogP contribution in [0.15, 0.2) is 30.3 Å². The van der Waals surface area contributed by atoms with Crippen LogP contribution >= 0.6 is 24.8 Å². The monoisotopic (exact) mass is 372 g/mol. The average molecular weight is 373 g/mol. The van der Waals surface area contributed by atoms with E-state index in [0.29, 0.717) is 12.0 Å². The summed E-state index contributed by atoms with van der Waals surface area (Å²) in [5, 5.41) is 8.49. The highest BCUT2D eigenvalue weighted by Gasteiger charge is 2.34. The molecule has 0 radical (unpaired) electrons. The Balaban J connectivity index is 0.00000144. The molecule has 1 aromatic rings. The summed E-state index contributed by atoms with van der Waals surface area (Å²) in [6.07, 6.45) is 5.24. The Morgan fingerprint density at radius 1 is 1.04 bits per heavy atom. The summed E-state index contributed by atoms with van der Waals surface area (Å²) < 4.78 is 0. The molecule has 0 bridgehead atoms. The Morgan fingerprint density at radius 2 is 1.71 bits per heavy atom. The predicted molar refractivity (Wildman–Crippen MR) is 107 cm³/mol. The topological polar surface area (TPSA) is 33.6 Å². The standard InChI is InChI=1S/C18H28N4.2ClH/c1-2-21-15-17(11-14-20-12-7-4-8-13-20)22(18(21)19)16-9-5-3-6-10-16;;/h3,5-6,9-10,17,19H,2,4,7-8,11-15H2,1H3;2*1H. The summed E-state index contributed by atoms with van der Waals surface area (Å²) in [6, 6.07) is 10.9. The SMILES string of the molecule is CCN1CC(CCN2CCCCC2)N(c2ccccc2)C1=N.Cl.Cl. The third-order valence-corrected chi connectivity index (χ3v) is 4.97. The molecule has 2 heterocycles. The Labute approximate surface area is 158 Å². The number of likely N-dealkylation sites (tertiary alicyclic amines) is 1. The van der Waals surface area contributed by atoms with Crippen LogP contribution < -0.4 is 4.90 Å². The van der Waals surface area contributed by atoms with Crippen molar-refractivity contribution in [2.75, 3.05) is 37.6 Å². The minimum atomic E-state index is 0. The molecule has 2 aliphatic rings. The Bertz CT molecular complexity index is 491. The van der Waals surface area contributed by atoms with E-state index in [1.165, 1.54) is 38.9 Å². The van der Waals surface area contributed by atoms with Gasteiger partial charge in [-0.05, 0) is 51.4 Å². The second-order valence-corrected chi connectivity index (χ2v) is 6.41. The molecule has 0 amide bonds. The molecular weight excluding hydrogens is 343 g/mol. The highest BCUT2D eigenvalue weighted by atomic mass is 35.5. The van der Waals surface area contributed by atoms with Crippen molar-refractivity contribution >= 4 is 36.5 Å². The molecule has 1 atom stereocenters. The predicted octanol–water partition coefficient (Wildman–Crippen LogP) is 3.85. The van der Waals surface area contributed by atoms with E-state index in [0.717, 1.165) is 25.2 Å². The third kappa shape index (κ3) is 4.78. The molecule has 136 valence electrons.